The van der Waals surface area contributed by atoms with E-state index in [1.165, 1.54) is 6.42 Å². The van der Waals surface area contributed by atoms with Crippen LogP contribution in [0.15, 0.2) is 15.7 Å². The van der Waals surface area contributed by atoms with E-state index in [-0.39, 0.29) is 23.0 Å². The highest BCUT2D eigenvalue weighted by atomic mass is 32.2. The minimum Gasteiger partial charge on any atom is -0.338 e. The molecular formula is C19H28N4O4S. The Kier molecular flexibility index (Phi) is 5.92. The van der Waals surface area contributed by atoms with Crippen LogP contribution in [0.4, 0.5) is 5.88 Å². The maximum atomic E-state index is 13.0. The molecule has 1 N–H and O–H groups in total. The van der Waals surface area contributed by atoms with Crippen LogP contribution in [0, 0.1) is 13.8 Å². The van der Waals surface area contributed by atoms with Gasteiger partial charge in [0.05, 0.1) is 11.4 Å². The number of aryl methyl sites for hydroxylation is 1. The molecule has 1 saturated carbocycles. The van der Waals surface area contributed by atoms with E-state index in [1.54, 1.807) is 13.0 Å². The van der Waals surface area contributed by atoms with E-state index >= 15 is 0 Å². The normalized spacial score (nSPS) is 15.9. The Bertz CT molecular complexity index is 953. The molecule has 0 radical (unpaired) electrons. The van der Waals surface area contributed by atoms with Crippen LogP contribution in [0.1, 0.15) is 75.0 Å². The number of hydrogen-bond donors (Lipinski definition) is 1. The van der Waals surface area contributed by atoms with Crippen molar-refractivity contribution in [2.24, 2.45) is 0 Å². The molecule has 1 fully saturated rings. The third-order valence-electron chi connectivity index (χ3n) is 5.28. The van der Waals surface area contributed by atoms with Crippen molar-refractivity contribution in [3.05, 3.63) is 23.1 Å². The lowest BCUT2D eigenvalue weighted by atomic mass is 9.95. The first-order valence-electron chi connectivity index (χ1n) is 9.73. The minimum absolute atomic E-state index is 0.00927. The summed E-state index contributed by atoms with van der Waals surface area (Å²) in [4.78, 5) is 16.6. The fourth-order valence-electron chi connectivity index (χ4n) is 3.62. The van der Waals surface area contributed by atoms with Gasteiger partial charge in [-0.3, -0.25) is 10.1 Å². The van der Waals surface area contributed by atoms with E-state index in [2.05, 4.69) is 15.5 Å². The van der Waals surface area contributed by atoms with Gasteiger partial charge >= 0.3 is 0 Å². The SMILES string of the molecule is Cc1nc(S(=O)(=O)CC(=O)Nc2cc(C(C)C)no2)n(C2CCCCC2)c1C. The zero-order chi connectivity index (χ0) is 20.5. The average Bonchev–Trinajstić information content (AvgIpc) is 3.21. The first kappa shape index (κ1) is 20.6. The van der Waals surface area contributed by atoms with Crippen LogP contribution >= 0.6 is 0 Å². The Balaban J connectivity index is 1.80. The highest BCUT2D eigenvalue weighted by molar-refractivity contribution is 7.92. The van der Waals surface area contributed by atoms with Crippen molar-refractivity contribution < 1.29 is 17.7 Å². The van der Waals surface area contributed by atoms with E-state index in [9.17, 15) is 13.2 Å². The van der Waals surface area contributed by atoms with Crippen LogP contribution in [-0.4, -0.2) is 34.8 Å². The van der Waals surface area contributed by atoms with Crippen LogP contribution in [0.25, 0.3) is 0 Å². The van der Waals surface area contributed by atoms with Crippen molar-refractivity contribution in [1.82, 2.24) is 14.7 Å². The van der Waals surface area contributed by atoms with Crippen LogP contribution in [0.2, 0.25) is 0 Å². The number of carbonyl (C=O) groups excluding carboxylic acids is 1. The summed E-state index contributed by atoms with van der Waals surface area (Å²) in [6.07, 6.45) is 5.18. The standard InChI is InChI=1S/C19H28N4O4S/c1-12(2)16-10-18(27-22-16)21-17(24)11-28(25,26)19-20-13(3)14(4)23(19)15-8-6-5-7-9-15/h10,12,15H,5-9,11H2,1-4H3,(H,21,24). The number of amides is 1. The molecule has 0 bridgehead atoms. The monoisotopic (exact) mass is 408 g/mol. The van der Waals surface area contributed by atoms with Crippen molar-refractivity contribution >= 4 is 21.6 Å². The van der Waals surface area contributed by atoms with Crippen molar-refractivity contribution in [2.45, 2.75) is 76.9 Å². The Labute approximate surface area is 165 Å². The molecule has 1 amide bonds. The maximum absolute atomic E-state index is 13.0. The predicted molar refractivity (Wildman–Crippen MR) is 105 cm³/mol. The van der Waals surface area contributed by atoms with Crippen LogP contribution in [-0.2, 0) is 14.6 Å². The van der Waals surface area contributed by atoms with Gasteiger partial charge in [-0.2, -0.15) is 0 Å². The predicted octanol–water partition coefficient (Wildman–Crippen LogP) is 3.53. The second-order valence-corrected chi connectivity index (χ2v) is 9.69. The lowest BCUT2D eigenvalue weighted by Crippen LogP contribution is -2.26. The largest absolute Gasteiger partial charge is 0.338 e. The van der Waals surface area contributed by atoms with Crippen LogP contribution < -0.4 is 5.32 Å². The van der Waals surface area contributed by atoms with Gasteiger partial charge < -0.3 is 9.09 Å². The first-order valence-corrected chi connectivity index (χ1v) is 11.4. The number of nitrogens with zero attached hydrogens (tertiary/aromatic N) is 3. The molecule has 28 heavy (non-hydrogen) atoms. The number of imidazole rings is 1. The van der Waals surface area contributed by atoms with Crippen LogP contribution in [0.5, 0.6) is 0 Å². The number of sulfone groups is 1. The van der Waals surface area contributed by atoms with E-state index in [4.69, 9.17) is 4.52 Å². The summed E-state index contributed by atoms with van der Waals surface area (Å²) in [7, 11) is -3.89. The molecule has 2 aromatic rings. The zero-order valence-corrected chi connectivity index (χ0v) is 17.7. The Hall–Kier alpha value is -2.16. The van der Waals surface area contributed by atoms with Crippen LogP contribution in [0.3, 0.4) is 0 Å². The Morgan fingerprint density at radius 3 is 2.57 bits per heavy atom. The molecule has 3 rings (SSSR count). The number of nitrogens with one attached hydrogen (secondary N) is 1. The maximum Gasteiger partial charge on any atom is 0.242 e. The fourth-order valence-corrected chi connectivity index (χ4v) is 5.02. The van der Waals surface area contributed by atoms with Crippen molar-refractivity contribution in [3.8, 4) is 0 Å². The lowest BCUT2D eigenvalue weighted by Gasteiger charge is -2.26. The van der Waals surface area contributed by atoms with Gasteiger partial charge in [-0.25, -0.2) is 13.4 Å². The molecule has 1 aliphatic rings. The van der Waals surface area contributed by atoms with Crippen molar-refractivity contribution in [3.63, 3.8) is 0 Å². The molecule has 2 heterocycles. The summed E-state index contributed by atoms with van der Waals surface area (Å²) in [6, 6.07) is 1.72. The Morgan fingerprint density at radius 2 is 1.96 bits per heavy atom. The molecule has 0 aliphatic heterocycles. The van der Waals surface area contributed by atoms with Gasteiger partial charge in [0.25, 0.3) is 0 Å². The molecule has 154 valence electrons. The molecule has 0 saturated heterocycles. The summed E-state index contributed by atoms with van der Waals surface area (Å²) < 4.78 is 32.9. The molecular weight excluding hydrogens is 380 g/mol. The molecule has 0 aromatic carbocycles. The van der Waals surface area contributed by atoms with Gasteiger partial charge in [0.1, 0.15) is 5.75 Å². The van der Waals surface area contributed by atoms with Gasteiger partial charge in [0.2, 0.25) is 26.8 Å². The molecule has 0 atom stereocenters. The second-order valence-electron chi connectivity index (χ2n) is 7.81. The van der Waals surface area contributed by atoms with Crippen molar-refractivity contribution in [1.29, 1.82) is 0 Å². The molecule has 1 aliphatic carbocycles. The van der Waals surface area contributed by atoms with Crippen molar-refractivity contribution in [2.75, 3.05) is 11.1 Å². The summed E-state index contributed by atoms with van der Waals surface area (Å²) >= 11 is 0. The van der Waals surface area contributed by atoms with Gasteiger partial charge in [0, 0.05) is 17.8 Å². The average molecular weight is 409 g/mol. The third-order valence-corrected chi connectivity index (χ3v) is 6.76. The molecule has 0 spiro atoms. The van der Waals surface area contributed by atoms with Gasteiger partial charge in [-0.05, 0) is 32.6 Å². The van der Waals surface area contributed by atoms with E-state index in [0.29, 0.717) is 11.4 Å². The quantitative estimate of drug-likeness (QED) is 0.783. The zero-order valence-electron chi connectivity index (χ0n) is 16.9. The number of hydrogen-bond acceptors (Lipinski definition) is 6. The first-order chi connectivity index (χ1) is 13.2. The molecule has 8 nitrogen and oxygen atoms in total. The number of carbonyl (C=O) groups is 1. The highest BCUT2D eigenvalue weighted by Gasteiger charge is 2.31. The smallest absolute Gasteiger partial charge is 0.242 e. The molecule has 2 aromatic heterocycles. The summed E-state index contributed by atoms with van der Waals surface area (Å²) in [5, 5.41) is 6.33. The number of anilines is 1. The summed E-state index contributed by atoms with van der Waals surface area (Å²) in [5.74, 6) is -1.06. The highest BCUT2D eigenvalue weighted by Crippen LogP contribution is 2.32. The summed E-state index contributed by atoms with van der Waals surface area (Å²) in [5.41, 5.74) is 2.22. The van der Waals surface area contributed by atoms with Gasteiger partial charge in [0.15, 0.2) is 0 Å². The molecule has 0 unspecified atom stereocenters. The molecule has 9 heteroatoms. The number of rotatable bonds is 6. The summed E-state index contributed by atoms with van der Waals surface area (Å²) in [6.45, 7) is 7.58. The lowest BCUT2D eigenvalue weighted by molar-refractivity contribution is -0.114. The van der Waals surface area contributed by atoms with E-state index in [0.717, 1.165) is 31.4 Å². The topological polar surface area (TPSA) is 107 Å². The van der Waals surface area contributed by atoms with E-state index < -0.39 is 21.5 Å². The van der Waals surface area contributed by atoms with Gasteiger partial charge in [-0.1, -0.05) is 38.3 Å². The van der Waals surface area contributed by atoms with E-state index in [1.807, 2.05) is 25.3 Å². The van der Waals surface area contributed by atoms with Gasteiger partial charge in [-0.15, -0.1) is 0 Å². The number of aromatic nitrogens is 3. The Morgan fingerprint density at radius 1 is 1.29 bits per heavy atom. The fraction of sp³-hybridized carbons (Fsp3) is 0.632. The minimum atomic E-state index is -3.89. The third kappa shape index (κ3) is 4.29. The second kappa shape index (κ2) is 8.06.